The molecule has 0 saturated heterocycles. The van der Waals surface area contributed by atoms with Crippen LogP contribution in [0, 0.1) is 23.3 Å². The van der Waals surface area contributed by atoms with Crippen molar-refractivity contribution in [1.29, 1.82) is 0 Å². The third kappa shape index (κ3) is 5.16. The molecule has 0 amide bonds. The van der Waals surface area contributed by atoms with Crippen LogP contribution < -0.4 is 0 Å². The molecule has 35 heavy (non-hydrogen) atoms. The van der Waals surface area contributed by atoms with Gasteiger partial charge in [-0.1, -0.05) is 61.9 Å². The predicted molar refractivity (Wildman–Crippen MR) is 127 cm³/mol. The van der Waals surface area contributed by atoms with E-state index < -0.39 is 46.0 Å². The van der Waals surface area contributed by atoms with E-state index in [1.54, 1.807) is 0 Å². The molecule has 0 aliphatic heterocycles. The van der Waals surface area contributed by atoms with Crippen molar-refractivity contribution in [3.63, 3.8) is 0 Å². The summed E-state index contributed by atoms with van der Waals surface area (Å²) in [5, 5.41) is 0. The zero-order valence-corrected chi connectivity index (χ0v) is 18.7. The van der Waals surface area contributed by atoms with Crippen LogP contribution in [0.15, 0.2) is 78.9 Å². The Kier molecular flexibility index (Phi) is 7.10. The molecule has 0 aliphatic rings. The summed E-state index contributed by atoms with van der Waals surface area (Å²) in [4.78, 5) is 0. The van der Waals surface area contributed by atoms with Crippen LogP contribution in [0.5, 0.6) is 0 Å². The summed E-state index contributed by atoms with van der Waals surface area (Å²) in [7, 11) is 0. The van der Waals surface area contributed by atoms with Gasteiger partial charge in [0.25, 0.3) is 0 Å². The van der Waals surface area contributed by atoms with Gasteiger partial charge in [0.05, 0.1) is 0 Å². The zero-order chi connectivity index (χ0) is 25.1. The first-order valence-electron chi connectivity index (χ1n) is 11.0. The highest BCUT2D eigenvalue weighted by Crippen LogP contribution is 2.34. The summed E-state index contributed by atoms with van der Waals surface area (Å²) < 4.78 is 85.6. The summed E-state index contributed by atoms with van der Waals surface area (Å²) in [6.07, 6.45) is 1.92. The highest BCUT2D eigenvalue weighted by molar-refractivity contribution is 5.84. The normalized spacial score (nSPS) is 12.0. The average molecular weight is 482 g/mol. The molecule has 0 bridgehead atoms. The van der Waals surface area contributed by atoms with E-state index in [9.17, 15) is 26.3 Å². The maximum Gasteiger partial charge on any atom is 0.169 e. The van der Waals surface area contributed by atoms with Gasteiger partial charge in [0, 0.05) is 16.7 Å². The number of benzene rings is 4. The van der Waals surface area contributed by atoms with Crippen molar-refractivity contribution in [1.82, 2.24) is 0 Å². The Morgan fingerprint density at radius 2 is 1.23 bits per heavy atom. The molecule has 0 radical (unpaired) electrons. The van der Waals surface area contributed by atoms with Gasteiger partial charge in [-0.3, -0.25) is 0 Å². The lowest BCUT2D eigenvalue weighted by atomic mass is 9.99. The van der Waals surface area contributed by atoms with Crippen molar-refractivity contribution in [2.24, 2.45) is 0 Å². The summed E-state index contributed by atoms with van der Waals surface area (Å²) in [5.74, 6) is -7.13. The molecule has 0 aliphatic carbocycles. The van der Waals surface area contributed by atoms with Crippen LogP contribution >= 0.6 is 0 Å². The molecule has 178 valence electrons. The summed E-state index contributed by atoms with van der Waals surface area (Å²) in [6.45, 7) is 2.07. The summed E-state index contributed by atoms with van der Waals surface area (Å²) in [5.41, 5.74) is 1.23. The molecule has 0 fully saturated rings. The van der Waals surface area contributed by atoms with Crippen LogP contribution in [0.1, 0.15) is 30.0 Å². The van der Waals surface area contributed by atoms with Crippen LogP contribution in [0.4, 0.5) is 26.3 Å². The van der Waals surface area contributed by atoms with E-state index >= 15 is 0 Å². The van der Waals surface area contributed by atoms with E-state index in [0.717, 1.165) is 72.5 Å². The van der Waals surface area contributed by atoms with Gasteiger partial charge in [-0.15, -0.1) is 0 Å². The lowest BCUT2D eigenvalue weighted by Crippen LogP contribution is -1.93. The van der Waals surface area contributed by atoms with Crippen molar-refractivity contribution in [2.45, 2.75) is 19.8 Å². The zero-order valence-electron chi connectivity index (χ0n) is 18.7. The van der Waals surface area contributed by atoms with Crippen molar-refractivity contribution in [3.8, 4) is 22.3 Å². The maximum atomic E-state index is 14.9. The van der Waals surface area contributed by atoms with Gasteiger partial charge in [0.15, 0.2) is 23.3 Å². The van der Waals surface area contributed by atoms with E-state index in [-0.39, 0.29) is 11.1 Å². The molecule has 0 N–H and O–H groups in total. The van der Waals surface area contributed by atoms with Gasteiger partial charge in [-0.05, 0) is 59.0 Å². The first-order valence-corrected chi connectivity index (χ1v) is 11.0. The molecule has 0 atom stereocenters. The van der Waals surface area contributed by atoms with Crippen LogP contribution in [0.25, 0.3) is 33.9 Å². The molecule has 4 rings (SSSR count). The lowest BCUT2D eigenvalue weighted by Gasteiger charge is -2.09. The quantitative estimate of drug-likeness (QED) is 0.190. The second-order valence-corrected chi connectivity index (χ2v) is 8.09. The number of hydrogen-bond donors (Lipinski definition) is 0. The molecular formula is C29H20F6. The fourth-order valence-electron chi connectivity index (χ4n) is 3.82. The van der Waals surface area contributed by atoms with Crippen molar-refractivity contribution in [2.75, 3.05) is 0 Å². The topological polar surface area (TPSA) is 0 Å². The highest BCUT2D eigenvalue weighted by atomic mass is 19.2. The molecule has 6 heteroatoms. The Labute approximate surface area is 199 Å². The van der Waals surface area contributed by atoms with Gasteiger partial charge in [-0.2, -0.15) is 0 Å². The molecule has 0 nitrogen and oxygen atoms in total. The van der Waals surface area contributed by atoms with E-state index in [1.807, 2.05) is 24.3 Å². The SMILES string of the molecule is CCCc1ccc(-c2ccc(C(F)=C(F)c3ccc(-c4ccc(F)c(F)c4)c(F)c3)c(F)c2)cc1. The molecule has 0 spiro atoms. The predicted octanol–water partition coefficient (Wildman–Crippen LogP) is 9.29. The van der Waals surface area contributed by atoms with E-state index in [2.05, 4.69) is 6.92 Å². The highest BCUT2D eigenvalue weighted by Gasteiger charge is 2.18. The van der Waals surface area contributed by atoms with Crippen molar-refractivity contribution >= 4 is 11.7 Å². The molecule has 0 saturated carbocycles. The number of hydrogen-bond acceptors (Lipinski definition) is 0. The minimum atomic E-state index is -1.48. The number of rotatable bonds is 6. The maximum absolute atomic E-state index is 14.9. The lowest BCUT2D eigenvalue weighted by molar-refractivity contribution is 0.509. The molecule has 4 aromatic carbocycles. The van der Waals surface area contributed by atoms with Gasteiger partial charge >= 0.3 is 0 Å². The van der Waals surface area contributed by atoms with Crippen LogP contribution in [0.3, 0.4) is 0 Å². The minimum absolute atomic E-state index is 0.0298. The average Bonchev–Trinajstić information content (AvgIpc) is 2.85. The molecule has 0 unspecified atom stereocenters. The van der Waals surface area contributed by atoms with Crippen molar-refractivity contribution < 1.29 is 26.3 Å². The first kappa shape index (κ1) is 24.3. The van der Waals surface area contributed by atoms with E-state index in [1.165, 1.54) is 6.07 Å². The van der Waals surface area contributed by atoms with Gasteiger partial charge < -0.3 is 0 Å². The van der Waals surface area contributed by atoms with E-state index in [0.29, 0.717) is 5.56 Å². The third-order valence-electron chi connectivity index (χ3n) is 5.68. The van der Waals surface area contributed by atoms with Crippen LogP contribution in [0.2, 0.25) is 0 Å². The second kappa shape index (κ2) is 10.2. The largest absolute Gasteiger partial charge is 0.206 e. The van der Waals surface area contributed by atoms with E-state index in [4.69, 9.17) is 0 Å². The second-order valence-electron chi connectivity index (χ2n) is 8.09. The Hall–Kier alpha value is -3.80. The molecule has 0 aromatic heterocycles. The Morgan fingerprint density at radius 1 is 0.571 bits per heavy atom. The van der Waals surface area contributed by atoms with Crippen molar-refractivity contribution in [3.05, 3.63) is 119 Å². The van der Waals surface area contributed by atoms with Crippen LogP contribution in [-0.2, 0) is 6.42 Å². The third-order valence-corrected chi connectivity index (χ3v) is 5.68. The Morgan fingerprint density at radius 3 is 1.86 bits per heavy atom. The minimum Gasteiger partial charge on any atom is -0.206 e. The Bertz CT molecular complexity index is 1400. The van der Waals surface area contributed by atoms with Gasteiger partial charge in [-0.25, -0.2) is 26.3 Å². The van der Waals surface area contributed by atoms with Gasteiger partial charge in [0.2, 0.25) is 0 Å². The number of aryl methyl sites for hydroxylation is 1. The smallest absolute Gasteiger partial charge is 0.169 e. The summed E-state index contributed by atoms with van der Waals surface area (Å²) in [6, 6.07) is 17.0. The molecule has 0 heterocycles. The molecular weight excluding hydrogens is 462 g/mol. The standard InChI is InChI=1S/C29H20F6/c1-2-3-17-4-6-18(7-5-17)19-8-12-23(26(32)14-19)29(35)28(34)21-9-11-22(25(31)16-21)20-10-13-24(30)27(33)15-20/h4-16H,2-3H2,1H3. The van der Waals surface area contributed by atoms with Gasteiger partial charge in [0.1, 0.15) is 11.6 Å². The monoisotopic (exact) mass is 482 g/mol. The first-order chi connectivity index (χ1) is 16.8. The molecule has 4 aromatic rings. The fraction of sp³-hybridized carbons (Fsp3) is 0.103. The Balaban J connectivity index is 1.63. The van der Waals surface area contributed by atoms with Crippen LogP contribution in [-0.4, -0.2) is 0 Å². The fourth-order valence-corrected chi connectivity index (χ4v) is 3.82. The number of halogens is 6. The summed E-state index contributed by atoms with van der Waals surface area (Å²) >= 11 is 0.